The molecule has 13 heteroatoms. The van der Waals surface area contributed by atoms with Gasteiger partial charge in [0.2, 0.25) is 11.0 Å². The average Bonchev–Trinajstić information content (AvgIpc) is 3.50. The first-order valence-electron chi connectivity index (χ1n) is 12.0. The minimum absolute atomic E-state index is 0.0367. The Morgan fingerprint density at radius 2 is 2.08 bits per heavy atom. The van der Waals surface area contributed by atoms with Crippen LogP contribution < -0.4 is 16.0 Å². The Morgan fingerprint density at radius 1 is 1.33 bits per heavy atom. The van der Waals surface area contributed by atoms with Crippen LogP contribution in [0.3, 0.4) is 0 Å². The first kappa shape index (κ1) is 26.9. The van der Waals surface area contributed by atoms with Crippen LogP contribution in [0.4, 0.5) is 10.9 Å². The smallest absolute Gasteiger partial charge is 0.236 e. The Hall–Kier alpha value is -3.66. The van der Waals surface area contributed by atoms with E-state index in [-0.39, 0.29) is 34.3 Å². The van der Waals surface area contributed by atoms with Crippen molar-refractivity contribution in [1.82, 2.24) is 15.4 Å². The van der Waals surface area contributed by atoms with Gasteiger partial charge in [-0.15, -0.1) is 10.2 Å². The number of Topliss-reactive ketones (excluding diaryl/α,β-unsaturated/α-hetero) is 1. The molecule has 0 radical (unpaired) electrons. The minimum atomic E-state index is -0.604. The number of aromatic nitrogens is 3. The van der Waals surface area contributed by atoms with Crippen molar-refractivity contribution in [2.45, 2.75) is 43.9 Å². The molecular formula is C26H24ClN7O3S2. The lowest BCUT2D eigenvalue weighted by Crippen LogP contribution is -2.42. The number of nitrogens with zero attached hydrogens (tertiary/aromatic N) is 5. The van der Waals surface area contributed by atoms with Gasteiger partial charge in [0.1, 0.15) is 11.6 Å². The normalized spacial score (nSPS) is 18.7. The Bertz CT molecular complexity index is 1570. The average molecular weight is 582 g/mol. The number of aryl methyl sites for hydroxylation is 1. The predicted molar refractivity (Wildman–Crippen MR) is 149 cm³/mol. The second-order valence-electron chi connectivity index (χ2n) is 10.0. The minimum Gasteiger partial charge on any atom is -0.384 e. The molecule has 1 aliphatic heterocycles. The van der Waals surface area contributed by atoms with Gasteiger partial charge in [-0.3, -0.25) is 14.5 Å². The molecule has 1 unspecified atom stereocenters. The summed E-state index contributed by atoms with van der Waals surface area (Å²) in [4.78, 5) is 27.6. The monoisotopic (exact) mass is 581 g/mol. The molecule has 0 bridgehead atoms. The van der Waals surface area contributed by atoms with Crippen molar-refractivity contribution in [2.24, 2.45) is 11.1 Å². The second-order valence-corrected chi connectivity index (χ2v) is 12.7. The lowest BCUT2D eigenvalue weighted by molar-refractivity contribution is -0.118. The Kier molecular flexibility index (Phi) is 7.24. The fourth-order valence-electron chi connectivity index (χ4n) is 4.80. The molecule has 1 atom stereocenters. The lowest BCUT2D eigenvalue weighted by atomic mass is 9.69. The van der Waals surface area contributed by atoms with Crippen LogP contribution in [0.25, 0.3) is 0 Å². The number of rotatable bonds is 6. The highest BCUT2D eigenvalue weighted by atomic mass is 35.5. The van der Waals surface area contributed by atoms with E-state index < -0.39 is 5.92 Å². The molecule has 0 saturated carbocycles. The van der Waals surface area contributed by atoms with Gasteiger partial charge >= 0.3 is 0 Å². The maximum atomic E-state index is 13.6. The number of halogens is 1. The Labute approximate surface area is 237 Å². The summed E-state index contributed by atoms with van der Waals surface area (Å²) < 4.78 is 5.50. The number of hydrogen-bond donors (Lipinski definition) is 2. The Balaban J connectivity index is 1.48. The number of amides is 1. The van der Waals surface area contributed by atoms with Crippen LogP contribution in [-0.4, -0.2) is 32.8 Å². The van der Waals surface area contributed by atoms with Gasteiger partial charge < -0.3 is 15.6 Å². The number of nitriles is 1. The van der Waals surface area contributed by atoms with Crippen LogP contribution in [0, 0.1) is 23.7 Å². The van der Waals surface area contributed by atoms with Gasteiger partial charge in [0, 0.05) is 28.8 Å². The molecule has 10 nitrogen and oxygen atoms in total. The number of carbonyl (C=O) groups excluding carboxylic acids is 2. The third-order valence-electron chi connectivity index (χ3n) is 6.39. The van der Waals surface area contributed by atoms with Gasteiger partial charge in [-0.25, -0.2) is 0 Å². The number of allylic oxidation sites excluding steroid dienone is 3. The first-order valence-corrected chi connectivity index (χ1v) is 14.2. The number of carbonyl (C=O) groups is 2. The molecule has 1 aromatic carbocycles. The zero-order chi connectivity index (χ0) is 27.9. The van der Waals surface area contributed by atoms with E-state index in [1.807, 2.05) is 26.0 Å². The number of benzene rings is 1. The molecule has 1 aliphatic carbocycles. The van der Waals surface area contributed by atoms with Crippen molar-refractivity contribution in [1.29, 1.82) is 5.26 Å². The highest BCUT2D eigenvalue weighted by molar-refractivity contribution is 8.01. The summed E-state index contributed by atoms with van der Waals surface area (Å²) >= 11 is 8.54. The summed E-state index contributed by atoms with van der Waals surface area (Å²) in [6, 6.07) is 11.0. The zero-order valence-corrected chi connectivity index (χ0v) is 23.7. The fraction of sp³-hybridized carbons (Fsp3) is 0.308. The topological polar surface area (TPSA) is 151 Å². The third-order valence-corrected chi connectivity index (χ3v) is 8.69. The molecule has 0 saturated heterocycles. The third kappa shape index (κ3) is 5.43. The summed E-state index contributed by atoms with van der Waals surface area (Å²) in [5.74, 6) is 0.293. The van der Waals surface area contributed by atoms with E-state index in [1.54, 1.807) is 30.0 Å². The summed E-state index contributed by atoms with van der Waals surface area (Å²) in [7, 11) is 0. The molecule has 3 heterocycles. The maximum Gasteiger partial charge on any atom is 0.236 e. The highest BCUT2D eigenvalue weighted by Gasteiger charge is 2.45. The van der Waals surface area contributed by atoms with Crippen molar-refractivity contribution in [3.63, 3.8) is 0 Å². The molecule has 0 fully saturated rings. The number of hydrogen-bond acceptors (Lipinski definition) is 11. The molecule has 5 rings (SSSR count). The van der Waals surface area contributed by atoms with Crippen molar-refractivity contribution in [3.8, 4) is 6.07 Å². The van der Waals surface area contributed by atoms with Crippen molar-refractivity contribution >= 4 is 57.3 Å². The quantitative estimate of drug-likeness (QED) is 0.373. The largest absolute Gasteiger partial charge is 0.384 e. The molecule has 200 valence electrons. The van der Waals surface area contributed by atoms with Crippen molar-refractivity contribution in [3.05, 3.63) is 69.3 Å². The van der Waals surface area contributed by atoms with E-state index in [1.165, 1.54) is 23.1 Å². The van der Waals surface area contributed by atoms with Gasteiger partial charge in [-0.05, 0) is 36.5 Å². The number of nitrogens with two attached hydrogens (primary N) is 1. The highest BCUT2D eigenvalue weighted by Crippen LogP contribution is 2.50. The summed E-state index contributed by atoms with van der Waals surface area (Å²) in [5.41, 5.74) is 8.60. The number of nitrogens with one attached hydrogen (secondary N) is 1. The van der Waals surface area contributed by atoms with E-state index in [2.05, 4.69) is 26.7 Å². The summed E-state index contributed by atoms with van der Waals surface area (Å²) in [5, 5.41) is 26.1. The fourth-order valence-corrected chi connectivity index (χ4v) is 6.61. The number of thioether (sulfide) groups is 1. The molecular weight excluding hydrogens is 558 g/mol. The van der Waals surface area contributed by atoms with Crippen LogP contribution >= 0.6 is 34.7 Å². The number of ketones is 1. The molecule has 3 aromatic rings. The van der Waals surface area contributed by atoms with Crippen LogP contribution in [0.2, 0.25) is 5.02 Å². The number of anilines is 2. The van der Waals surface area contributed by atoms with Crippen molar-refractivity contribution in [2.75, 3.05) is 16.0 Å². The van der Waals surface area contributed by atoms with Crippen LogP contribution in [0.15, 0.2) is 61.9 Å². The molecule has 1 amide bonds. The van der Waals surface area contributed by atoms with Gasteiger partial charge in [0.25, 0.3) is 0 Å². The molecule has 39 heavy (non-hydrogen) atoms. The van der Waals surface area contributed by atoms with E-state index in [9.17, 15) is 14.9 Å². The van der Waals surface area contributed by atoms with Gasteiger partial charge in [-0.1, -0.05) is 65.8 Å². The lowest BCUT2D eigenvalue weighted by Gasteiger charge is -2.42. The maximum absolute atomic E-state index is 13.6. The standard InChI is InChI=1S/C26H24ClN7O3S2/c1-13-8-19(33-37-13)30-20(36)12-38-25-32-31-24(39-25)34-17-9-26(2,3)10-18(35)22(17)21(16(11-28)23(34)29)14-4-6-15(27)7-5-14/h4-8,21H,9-10,12,29H2,1-3H3,(H,30,33,36). The molecule has 3 N–H and O–H groups in total. The van der Waals surface area contributed by atoms with E-state index in [0.29, 0.717) is 50.2 Å². The Morgan fingerprint density at radius 3 is 2.74 bits per heavy atom. The molecule has 2 aliphatic rings. The van der Waals surface area contributed by atoms with Crippen molar-refractivity contribution < 1.29 is 14.1 Å². The van der Waals surface area contributed by atoms with E-state index in [4.69, 9.17) is 21.9 Å². The van der Waals surface area contributed by atoms with E-state index in [0.717, 1.165) is 5.56 Å². The first-order chi connectivity index (χ1) is 18.6. The second kappa shape index (κ2) is 10.5. The van der Waals surface area contributed by atoms with E-state index >= 15 is 0 Å². The van der Waals surface area contributed by atoms with Crippen LogP contribution in [-0.2, 0) is 9.59 Å². The SMILES string of the molecule is Cc1cc(NC(=O)CSc2nnc(N3C(N)=C(C#N)C(c4ccc(Cl)cc4)C4=C3CC(C)(C)CC4=O)s2)no1. The zero-order valence-electron chi connectivity index (χ0n) is 21.3. The predicted octanol–water partition coefficient (Wildman–Crippen LogP) is 5.16. The van der Waals surface area contributed by atoms with Crippen LogP contribution in [0.5, 0.6) is 0 Å². The van der Waals surface area contributed by atoms with Gasteiger partial charge in [0.15, 0.2) is 15.9 Å². The van der Waals surface area contributed by atoms with Crippen LogP contribution in [0.1, 0.15) is 43.9 Å². The summed E-state index contributed by atoms with van der Waals surface area (Å²) in [6.45, 7) is 5.79. The van der Waals surface area contributed by atoms with Gasteiger partial charge in [0.05, 0.1) is 23.3 Å². The summed E-state index contributed by atoms with van der Waals surface area (Å²) in [6.07, 6.45) is 0.902. The van der Waals surface area contributed by atoms with Gasteiger partial charge in [-0.2, -0.15) is 5.26 Å². The molecule has 0 spiro atoms. The molecule has 2 aromatic heterocycles.